The Balaban J connectivity index is 1.71. The molecule has 1 saturated heterocycles. The van der Waals surface area contributed by atoms with Gasteiger partial charge in [-0.3, -0.25) is 4.79 Å². The molecular weight excluding hydrogens is 242 g/mol. The minimum atomic E-state index is 0.271. The molecule has 0 bridgehead atoms. The first-order valence-electron chi connectivity index (χ1n) is 6.82. The Kier molecular flexibility index (Phi) is 5.59. The van der Waals surface area contributed by atoms with Crippen LogP contribution in [0.2, 0.25) is 0 Å². The van der Waals surface area contributed by atoms with Crippen molar-refractivity contribution < 1.29 is 4.79 Å². The predicted octanol–water partition coefficient (Wildman–Crippen LogP) is 3.96. The highest BCUT2D eigenvalue weighted by atomic mass is 32.2. The summed E-state index contributed by atoms with van der Waals surface area (Å²) in [5.74, 6) is 0.888. The standard InChI is InChI=1S/C15H21NOS/c17-15(16-11-6-1-2-7-12-16)18-13-10-14-8-4-3-5-9-14/h3-5,8-9H,1-2,6-7,10-13H2. The summed E-state index contributed by atoms with van der Waals surface area (Å²) in [7, 11) is 0. The average molecular weight is 263 g/mol. The molecule has 1 amide bonds. The van der Waals surface area contributed by atoms with E-state index in [0.717, 1.165) is 25.3 Å². The van der Waals surface area contributed by atoms with Crippen LogP contribution in [-0.4, -0.2) is 29.0 Å². The van der Waals surface area contributed by atoms with Crippen molar-refractivity contribution in [3.05, 3.63) is 35.9 Å². The van der Waals surface area contributed by atoms with Crippen LogP contribution in [0.25, 0.3) is 0 Å². The normalized spacial score (nSPS) is 16.3. The first kappa shape index (κ1) is 13.5. The van der Waals surface area contributed by atoms with Crippen molar-refractivity contribution in [3.63, 3.8) is 0 Å². The van der Waals surface area contributed by atoms with Crippen LogP contribution in [0.4, 0.5) is 4.79 Å². The number of benzene rings is 1. The van der Waals surface area contributed by atoms with Crippen molar-refractivity contribution in [2.75, 3.05) is 18.8 Å². The number of thioether (sulfide) groups is 1. The van der Waals surface area contributed by atoms with Crippen LogP contribution in [0.1, 0.15) is 31.2 Å². The molecule has 18 heavy (non-hydrogen) atoms. The van der Waals surface area contributed by atoms with Crippen LogP contribution >= 0.6 is 11.8 Å². The van der Waals surface area contributed by atoms with Gasteiger partial charge in [-0.2, -0.15) is 0 Å². The smallest absolute Gasteiger partial charge is 0.281 e. The van der Waals surface area contributed by atoms with Crippen LogP contribution in [0, 0.1) is 0 Å². The SMILES string of the molecule is O=C(SCCc1ccccc1)N1CCCCCC1. The van der Waals surface area contributed by atoms with Gasteiger partial charge in [-0.05, 0) is 24.8 Å². The molecule has 1 fully saturated rings. The third kappa shape index (κ3) is 4.37. The van der Waals surface area contributed by atoms with Gasteiger partial charge in [0.05, 0.1) is 0 Å². The quantitative estimate of drug-likeness (QED) is 0.822. The summed E-state index contributed by atoms with van der Waals surface area (Å²) in [6.45, 7) is 1.91. The summed E-state index contributed by atoms with van der Waals surface area (Å²) in [5, 5.41) is 0.271. The second-order valence-electron chi connectivity index (χ2n) is 4.75. The molecule has 0 N–H and O–H groups in total. The second-order valence-corrected chi connectivity index (χ2v) is 5.80. The monoisotopic (exact) mass is 263 g/mol. The molecule has 0 spiro atoms. The van der Waals surface area contributed by atoms with Crippen LogP contribution < -0.4 is 0 Å². The fourth-order valence-corrected chi connectivity index (χ4v) is 3.12. The van der Waals surface area contributed by atoms with Gasteiger partial charge in [0.2, 0.25) is 0 Å². The molecule has 1 aromatic carbocycles. The van der Waals surface area contributed by atoms with Crippen LogP contribution in [0.5, 0.6) is 0 Å². The highest BCUT2D eigenvalue weighted by molar-refractivity contribution is 8.13. The van der Waals surface area contributed by atoms with Crippen molar-refractivity contribution in [3.8, 4) is 0 Å². The highest BCUT2D eigenvalue weighted by Gasteiger charge is 2.15. The summed E-state index contributed by atoms with van der Waals surface area (Å²) in [6, 6.07) is 10.4. The second kappa shape index (κ2) is 7.47. The van der Waals surface area contributed by atoms with E-state index in [0.29, 0.717) is 0 Å². The molecule has 1 aliphatic heterocycles. The maximum absolute atomic E-state index is 12.0. The molecule has 0 radical (unpaired) electrons. The van der Waals surface area contributed by atoms with Crippen molar-refractivity contribution >= 4 is 17.0 Å². The van der Waals surface area contributed by atoms with Gasteiger partial charge in [0, 0.05) is 18.8 Å². The van der Waals surface area contributed by atoms with Gasteiger partial charge < -0.3 is 4.90 Å². The Morgan fingerprint density at radius 1 is 1.06 bits per heavy atom. The summed E-state index contributed by atoms with van der Waals surface area (Å²) in [5.41, 5.74) is 1.31. The van der Waals surface area contributed by atoms with E-state index in [4.69, 9.17) is 0 Å². The number of likely N-dealkylation sites (tertiary alicyclic amines) is 1. The lowest BCUT2D eigenvalue weighted by atomic mass is 10.2. The minimum Gasteiger partial charge on any atom is -0.334 e. The fourth-order valence-electron chi connectivity index (χ4n) is 2.25. The number of hydrogen-bond acceptors (Lipinski definition) is 2. The van der Waals surface area contributed by atoms with Gasteiger partial charge >= 0.3 is 0 Å². The zero-order chi connectivity index (χ0) is 12.6. The number of carbonyl (C=O) groups is 1. The molecule has 0 aromatic heterocycles. The van der Waals surface area contributed by atoms with Crippen LogP contribution in [0.15, 0.2) is 30.3 Å². The van der Waals surface area contributed by atoms with Crippen molar-refractivity contribution in [1.82, 2.24) is 4.90 Å². The van der Waals surface area contributed by atoms with E-state index in [-0.39, 0.29) is 5.24 Å². The molecule has 0 aliphatic carbocycles. The lowest BCUT2D eigenvalue weighted by molar-refractivity contribution is 0.225. The van der Waals surface area contributed by atoms with Gasteiger partial charge in [-0.15, -0.1) is 0 Å². The number of rotatable bonds is 3. The van der Waals surface area contributed by atoms with Crippen LogP contribution in [0.3, 0.4) is 0 Å². The zero-order valence-corrected chi connectivity index (χ0v) is 11.6. The molecule has 0 unspecified atom stereocenters. The van der Waals surface area contributed by atoms with Gasteiger partial charge in [-0.1, -0.05) is 54.9 Å². The summed E-state index contributed by atoms with van der Waals surface area (Å²) in [6.07, 6.45) is 5.87. The minimum absolute atomic E-state index is 0.271. The van der Waals surface area contributed by atoms with E-state index in [9.17, 15) is 4.79 Å². The molecule has 98 valence electrons. The largest absolute Gasteiger partial charge is 0.334 e. The molecule has 1 aromatic rings. The van der Waals surface area contributed by atoms with E-state index in [2.05, 4.69) is 24.3 Å². The van der Waals surface area contributed by atoms with E-state index in [1.807, 2.05) is 11.0 Å². The molecule has 3 heteroatoms. The fraction of sp³-hybridized carbons (Fsp3) is 0.533. The van der Waals surface area contributed by atoms with Gasteiger partial charge in [0.1, 0.15) is 0 Å². The molecule has 0 saturated carbocycles. The molecule has 1 heterocycles. The third-order valence-corrected chi connectivity index (χ3v) is 4.24. The number of nitrogens with zero attached hydrogens (tertiary/aromatic N) is 1. The Hall–Kier alpha value is -0.960. The maximum Gasteiger partial charge on any atom is 0.281 e. The maximum atomic E-state index is 12.0. The Labute approximate surface area is 114 Å². The first-order valence-corrected chi connectivity index (χ1v) is 7.80. The lowest BCUT2D eigenvalue weighted by Gasteiger charge is -2.19. The van der Waals surface area contributed by atoms with Crippen molar-refractivity contribution in [1.29, 1.82) is 0 Å². The zero-order valence-electron chi connectivity index (χ0n) is 10.8. The molecule has 0 atom stereocenters. The van der Waals surface area contributed by atoms with Crippen LogP contribution in [-0.2, 0) is 6.42 Å². The summed E-state index contributed by atoms with van der Waals surface area (Å²) < 4.78 is 0. The first-order chi connectivity index (χ1) is 8.86. The molecular formula is C15H21NOS. The van der Waals surface area contributed by atoms with E-state index >= 15 is 0 Å². The van der Waals surface area contributed by atoms with E-state index < -0.39 is 0 Å². The van der Waals surface area contributed by atoms with Gasteiger partial charge in [0.25, 0.3) is 5.24 Å². The van der Waals surface area contributed by atoms with E-state index in [1.54, 1.807) is 0 Å². The Bertz CT molecular complexity index is 358. The topological polar surface area (TPSA) is 20.3 Å². The average Bonchev–Trinajstić information content (AvgIpc) is 2.69. The highest BCUT2D eigenvalue weighted by Crippen LogP contribution is 2.16. The van der Waals surface area contributed by atoms with E-state index in [1.165, 1.54) is 43.0 Å². The predicted molar refractivity (Wildman–Crippen MR) is 78.0 cm³/mol. The number of hydrogen-bond donors (Lipinski definition) is 0. The third-order valence-electron chi connectivity index (χ3n) is 3.32. The Morgan fingerprint density at radius 3 is 2.39 bits per heavy atom. The molecule has 2 rings (SSSR count). The number of aryl methyl sites for hydroxylation is 1. The number of amides is 1. The summed E-state index contributed by atoms with van der Waals surface area (Å²) in [4.78, 5) is 14.1. The Morgan fingerprint density at radius 2 is 1.72 bits per heavy atom. The van der Waals surface area contributed by atoms with Crippen molar-refractivity contribution in [2.45, 2.75) is 32.1 Å². The van der Waals surface area contributed by atoms with Crippen molar-refractivity contribution in [2.24, 2.45) is 0 Å². The lowest BCUT2D eigenvalue weighted by Crippen LogP contribution is -2.28. The van der Waals surface area contributed by atoms with Gasteiger partial charge in [-0.25, -0.2) is 0 Å². The number of carbonyl (C=O) groups excluding carboxylic acids is 1. The summed E-state index contributed by atoms with van der Waals surface area (Å²) >= 11 is 1.47. The molecule has 2 nitrogen and oxygen atoms in total. The molecule has 1 aliphatic rings. The van der Waals surface area contributed by atoms with Gasteiger partial charge in [0.15, 0.2) is 0 Å².